The fourth-order valence-corrected chi connectivity index (χ4v) is 2.64. The number of piperidine rings is 1. The highest BCUT2D eigenvalue weighted by Gasteiger charge is 2.35. The standard InChI is InChI=1S/C14H22BrN3O3/c1-13(2,3)21-12(19)17-8-5-14(20,6-9-17)10-18-7-4-11(15)16-18/h4,7,20H,5-6,8-10H2,1-3H3. The smallest absolute Gasteiger partial charge is 0.410 e. The maximum Gasteiger partial charge on any atom is 0.410 e. The average Bonchev–Trinajstić information content (AvgIpc) is 2.72. The van der Waals surface area contributed by atoms with Crippen LogP contribution in [0.15, 0.2) is 16.9 Å². The Morgan fingerprint density at radius 2 is 2.10 bits per heavy atom. The van der Waals surface area contributed by atoms with E-state index in [1.165, 1.54) is 0 Å². The van der Waals surface area contributed by atoms with Gasteiger partial charge in [0, 0.05) is 19.3 Å². The Morgan fingerprint density at radius 1 is 1.48 bits per heavy atom. The van der Waals surface area contributed by atoms with Gasteiger partial charge in [0.2, 0.25) is 0 Å². The maximum absolute atomic E-state index is 12.0. The van der Waals surface area contributed by atoms with Crippen molar-refractivity contribution in [3.63, 3.8) is 0 Å². The summed E-state index contributed by atoms with van der Waals surface area (Å²) in [6.07, 6.45) is 2.54. The normalized spacial score (nSPS) is 18.6. The number of carbonyl (C=O) groups excluding carboxylic acids is 1. The van der Waals surface area contributed by atoms with Crippen LogP contribution < -0.4 is 0 Å². The van der Waals surface area contributed by atoms with Gasteiger partial charge in [-0.25, -0.2) is 4.79 Å². The number of hydrogen-bond acceptors (Lipinski definition) is 4. The number of rotatable bonds is 2. The summed E-state index contributed by atoms with van der Waals surface area (Å²) in [7, 11) is 0. The summed E-state index contributed by atoms with van der Waals surface area (Å²) in [6, 6.07) is 1.83. The van der Waals surface area contributed by atoms with Gasteiger partial charge in [-0.15, -0.1) is 0 Å². The summed E-state index contributed by atoms with van der Waals surface area (Å²) in [4.78, 5) is 13.6. The van der Waals surface area contributed by atoms with E-state index in [4.69, 9.17) is 4.74 Å². The molecule has 21 heavy (non-hydrogen) atoms. The molecule has 0 bridgehead atoms. The van der Waals surface area contributed by atoms with Crippen LogP contribution in [0, 0.1) is 0 Å². The fraction of sp³-hybridized carbons (Fsp3) is 0.714. The highest BCUT2D eigenvalue weighted by molar-refractivity contribution is 9.10. The maximum atomic E-state index is 12.0. The van der Waals surface area contributed by atoms with E-state index in [1.807, 2.05) is 33.0 Å². The van der Waals surface area contributed by atoms with E-state index in [9.17, 15) is 9.90 Å². The van der Waals surface area contributed by atoms with Gasteiger partial charge in [-0.05, 0) is 55.6 Å². The number of nitrogens with zero attached hydrogens (tertiary/aromatic N) is 3. The highest BCUT2D eigenvalue weighted by atomic mass is 79.9. The molecule has 1 aliphatic heterocycles. The zero-order valence-corrected chi connectivity index (χ0v) is 14.3. The lowest BCUT2D eigenvalue weighted by atomic mass is 9.91. The van der Waals surface area contributed by atoms with E-state index >= 15 is 0 Å². The van der Waals surface area contributed by atoms with E-state index < -0.39 is 11.2 Å². The Hall–Kier alpha value is -1.08. The number of halogens is 1. The SMILES string of the molecule is CC(C)(C)OC(=O)N1CCC(O)(Cn2ccc(Br)n2)CC1. The van der Waals surface area contributed by atoms with Gasteiger partial charge in [0.15, 0.2) is 0 Å². The minimum atomic E-state index is -0.829. The number of aliphatic hydroxyl groups is 1. The number of ether oxygens (including phenoxy) is 1. The van der Waals surface area contributed by atoms with Crippen molar-refractivity contribution in [1.29, 1.82) is 0 Å². The van der Waals surface area contributed by atoms with E-state index in [0.29, 0.717) is 32.5 Å². The molecule has 0 spiro atoms. The molecular weight excluding hydrogens is 338 g/mol. The molecule has 2 rings (SSSR count). The molecule has 0 radical (unpaired) electrons. The summed E-state index contributed by atoms with van der Waals surface area (Å²) in [6.45, 7) is 6.96. The first-order valence-electron chi connectivity index (χ1n) is 7.06. The Kier molecular flexibility index (Phi) is 4.63. The Balaban J connectivity index is 1.88. The predicted molar refractivity (Wildman–Crippen MR) is 81.9 cm³/mol. The molecule has 6 nitrogen and oxygen atoms in total. The van der Waals surface area contributed by atoms with Crippen LogP contribution in [0.25, 0.3) is 0 Å². The summed E-state index contributed by atoms with van der Waals surface area (Å²) in [5, 5.41) is 14.8. The number of hydrogen-bond donors (Lipinski definition) is 1. The molecular formula is C14H22BrN3O3. The van der Waals surface area contributed by atoms with E-state index in [2.05, 4.69) is 21.0 Å². The van der Waals surface area contributed by atoms with Crippen LogP contribution in [0.1, 0.15) is 33.6 Å². The molecule has 1 saturated heterocycles. The lowest BCUT2D eigenvalue weighted by Gasteiger charge is -2.38. The third-order valence-electron chi connectivity index (χ3n) is 3.41. The van der Waals surface area contributed by atoms with Crippen LogP contribution in [0.2, 0.25) is 0 Å². The van der Waals surface area contributed by atoms with Gasteiger partial charge >= 0.3 is 6.09 Å². The quantitative estimate of drug-likeness (QED) is 0.880. The predicted octanol–water partition coefficient (Wildman–Crippen LogP) is 2.41. The van der Waals surface area contributed by atoms with Crippen molar-refractivity contribution < 1.29 is 14.6 Å². The van der Waals surface area contributed by atoms with Crippen LogP contribution in [0.5, 0.6) is 0 Å². The second kappa shape index (κ2) is 5.96. The number of likely N-dealkylation sites (tertiary alicyclic amines) is 1. The Labute approximate surface area is 133 Å². The number of carbonyl (C=O) groups is 1. The molecule has 1 fully saturated rings. The van der Waals surface area contributed by atoms with Gasteiger partial charge in [-0.3, -0.25) is 4.68 Å². The fourth-order valence-electron chi connectivity index (χ4n) is 2.32. The molecule has 0 unspecified atom stereocenters. The Bertz CT molecular complexity index is 502. The van der Waals surface area contributed by atoms with Crippen molar-refractivity contribution in [2.45, 2.75) is 51.4 Å². The first kappa shape index (κ1) is 16.3. The third kappa shape index (κ3) is 4.71. The minimum absolute atomic E-state index is 0.314. The minimum Gasteiger partial charge on any atom is -0.444 e. The molecule has 0 aliphatic carbocycles. The lowest BCUT2D eigenvalue weighted by molar-refractivity contribution is -0.0432. The molecule has 0 saturated carbocycles. The highest BCUT2D eigenvalue weighted by Crippen LogP contribution is 2.25. The van der Waals surface area contributed by atoms with Crippen LogP contribution in [0.4, 0.5) is 4.79 Å². The molecule has 1 amide bonds. The average molecular weight is 360 g/mol. The molecule has 1 N–H and O–H groups in total. The van der Waals surface area contributed by atoms with Gasteiger partial charge < -0.3 is 14.7 Å². The van der Waals surface area contributed by atoms with Gasteiger partial charge in [0.05, 0.1) is 12.1 Å². The topological polar surface area (TPSA) is 67.6 Å². The molecule has 7 heteroatoms. The van der Waals surface area contributed by atoms with Crippen LogP contribution in [-0.2, 0) is 11.3 Å². The summed E-state index contributed by atoms with van der Waals surface area (Å²) < 4.78 is 7.81. The van der Waals surface area contributed by atoms with Crippen LogP contribution in [0.3, 0.4) is 0 Å². The van der Waals surface area contributed by atoms with Crippen LogP contribution in [-0.4, -0.2) is 50.2 Å². The van der Waals surface area contributed by atoms with Gasteiger partial charge in [0.25, 0.3) is 0 Å². The summed E-state index contributed by atoms with van der Waals surface area (Å²) >= 11 is 3.29. The van der Waals surface area contributed by atoms with Crippen molar-refractivity contribution in [1.82, 2.24) is 14.7 Å². The number of aromatic nitrogens is 2. The van der Waals surface area contributed by atoms with Crippen molar-refractivity contribution in [2.24, 2.45) is 0 Å². The van der Waals surface area contributed by atoms with Crippen molar-refractivity contribution in [3.05, 3.63) is 16.9 Å². The van der Waals surface area contributed by atoms with Crippen molar-refractivity contribution >= 4 is 22.0 Å². The van der Waals surface area contributed by atoms with E-state index in [1.54, 1.807) is 9.58 Å². The molecule has 0 atom stereocenters. The lowest BCUT2D eigenvalue weighted by Crippen LogP contribution is -2.49. The van der Waals surface area contributed by atoms with Gasteiger partial charge in [0.1, 0.15) is 10.2 Å². The summed E-state index contributed by atoms with van der Waals surface area (Å²) in [5.41, 5.74) is -1.32. The first-order chi connectivity index (χ1) is 9.67. The second-order valence-electron chi connectivity index (χ2n) is 6.53. The second-order valence-corrected chi connectivity index (χ2v) is 7.34. The summed E-state index contributed by atoms with van der Waals surface area (Å²) in [5.74, 6) is 0. The van der Waals surface area contributed by atoms with Crippen molar-refractivity contribution in [3.8, 4) is 0 Å². The van der Waals surface area contributed by atoms with Crippen molar-refractivity contribution in [2.75, 3.05) is 13.1 Å². The van der Waals surface area contributed by atoms with Crippen LogP contribution >= 0.6 is 15.9 Å². The molecule has 1 aliphatic rings. The van der Waals surface area contributed by atoms with E-state index in [0.717, 1.165) is 4.60 Å². The number of amides is 1. The largest absolute Gasteiger partial charge is 0.444 e. The third-order valence-corrected chi connectivity index (χ3v) is 3.83. The zero-order chi connectivity index (χ0) is 15.7. The molecule has 1 aromatic heterocycles. The zero-order valence-electron chi connectivity index (χ0n) is 12.7. The molecule has 0 aromatic carbocycles. The molecule has 118 valence electrons. The first-order valence-corrected chi connectivity index (χ1v) is 7.85. The van der Waals surface area contributed by atoms with Gasteiger partial charge in [-0.1, -0.05) is 0 Å². The monoisotopic (exact) mass is 359 g/mol. The molecule has 2 heterocycles. The molecule has 1 aromatic rings. The van der Waals surface area contributed by atoms with E-state index in [-0.39, 0.29) is 6.09 Å². The Morgan fingerprint density at radius 3 is 2.57 bits per heavy atom. The van der Waals surface area contributed by atoms with Gasteiger partial charge in [-0.2, -0.15) is 5.10 Å².